The van der Waals surface area contributed by atoms with Crippen LogP contribution in [-0.2, 0) is 34.6 Å². The molecule has 0 fully saturated rings. The van der Waals surface area contributed by atoms with Gasteiger partial charge in [-0.1, -0.05) is 213 Å². The van der Waals surface area contributed by atoms with Crippen LogP contribution in [0.4, 0.5) is 0 Å². The first-order valence-corrected chi connectivity index (χ1v) is 19.5. The summed E-state index contributed by atoms with van der Waals surface area (Å²) < 4.78 is 0. The summed E-state index contributed by atoms with van der Waals surface area (Å²) in [7, 11) is -0.349. The summed E-state index contributed by atoms with van der Waals surface area (Å²) in [5.74, 6) is 0. The van der Waals surface area contributed by atoms with Crippen LogP contribution < -0.4 is 10.4 Å². The number of rotatable bonds is 25. The molecule has 0 nitrogen and oxygen atoms in total. The van der Waals surface area contributed by atoms with Gasteiger partial charge in [0.1, 0.15) is 0 Å². The first-order valence-electron chi connectivity index (χ1n) is 18.1. The van der Waals surface area contributed by atoms with Gasteiger partial charge in [0, 0.05) is 0 Å². The predicted molar refractivity (Wildman–Crippen MR) is 197 cm³/mol. The molecule has 0 unspecified atom stereocenters. The Morgan fingerprint density at radius 1 is 0.488 bits per heavy atom. The van der Waals surface area contributed by atoms with Crippen molar-refractivity contribution >= 4 is 19.9 Å². The molecule has 2 heteroatoms. The summed E-state index contributed by atoms with van der Waals surface area (Å²) in [6.07, 6.45) is 36.5. The Hall–Kier alpha value is -1.15. The molecule has 2 aromatic rings. The Morgan fingerprint density at radius 3 is 1.05 bits per heavy atom. The van der Waals surface area contributed by atoms with Gasteiger partial charge in [0.25, 0.3) is 0 Å². The van der Waals surface area contributed by atoms with E-state index in [-0.39, 0.29) is 31.2 Å². The monoisotopic (exact) mass is 636 g/mol. The molecule has 0 amide bonds. The van der Waals surface area contributed by atoms with Crippen LogP contribution in [0.25, 0.3) is 0 Å². The van der Waals surface area contributed by atoms with Gasteiger partial charge in [0.2, 0.25) is 0 Å². The first kappa shape index (κ1) is 41.9. The normalized spacial score (nSPS) is 10.8. The minimum absolute atomic E-state index is 0. The van der Waals surface area contributed by atoms with Crippen LogP contribution >= 0.6 is 0 Å². The Morgan fingerprint density at radius 2 is 0.791 bits per heavy atom. The van der Waals surface area contributed by atoms with E-state index in [4.69, 9.17) is 0 Å². The second-order valence-corrected chi connectivity index (χ2v) is 14.4. The van der Waals surface area contributed by atoms with Crippen LogP contribution in [0, 0.1) is 0 Å². The zero-order valence-electron chi connectivity index (χ0n) is 28.8. The third-order valence-corrected chi connectivity index (χ3v) is 10.2. The topological polar surface area (TPSA) is 0 Å². The molecule has 43 heavy (non-hydrogen) atoms. The summed E-state index contributed by atoms with van der Waals surface area (Å²) in [5.41, 5.74) is 3.06. The van der Waals surface area contributed by atoms with Gasteiger partial charge in [-0.2, -0.15) is 0 Å². The second-order valence-electron chi connectivity index (χ2n) is 12.4. The number of hydrogen-bond acceptors (Lipinski definition) is 0. The standard InChI is InChI=1S/C36H60Si.C5H8.Ti/c1-3-5-7-9-11-13-15-17-19-21-23-33-25-29-35(30-26-33)37-36-31-27-34(28-32-36)24-22-20-18-16-14-12-10-8-6-4-2;1-3-5-4-2;/h25-32H,3-24,37H2,1-2H3;3-5H,1H2,2H3;/q;;+2. The summed E-state index contributed by atoms with van der Waals surface area (Å²) in [6, 6.07) is 19.2. The van der Waals surface area contributed by atoms with Crippen molar-refractivity contribution in [3.05, 3.63) is 84.5 Å². The van der Waals surface area contributed by atoms with E-state index < -0.39 is 0 Å². The molecule has 0 radical (unpaired) electrons. The van der Waals surface area contributed by atoms with Crippen LogP contribution in [-0.4, -0.2) is 9.52 Å². The number of hydrogen-bond donors (Lipinski definition) is 0. The van der Waals surface area contributed by atoms with Crippen molar-refractivity contribution in [3.8, 4) is 0 Å². The fourth-order valence-corrected chi connectivity index (χ4v) is 7.07. The van der Waals surface area contributed by atoms with E-state index >= 15 is 0 Å². The Balaban J connectivity index is 0.00000270. The van der Waals surface area contributed by atoms with E-state index in [2.05, 4.69) is 69.0 Å². The summed E-state index contributed by atoms with van der Waals surface area (Å²) in [4.78, 5) is 0. The minimum Gasteiger partial charge on any atom is -0.0991 e. The molecular weight excluding hydrogens is 568 g/mol. The molecule has 0 aliphatic carbocycles. The zero-order valence-corrected chi connectivity index (χ0v) is 31.8. The molecule has 238 valence electrons. The average Bonchev–Trinajstić information content (AvgIpc) is 3.01. The van der Waals surface area contributed by atoms with Crippen molar-refractivity contribution in [2.45, 2.75) is 162 Å². The van der Waals surface area contributed by atoms with E-state index in [0.29, 0.717) is 0 Å². The molecule has 0 aromatic heterocycles. The SMILES string of the molecule is C=CC=CC.CCCCCCCCCCCCc1ccc([SiH2]c2ccc(CCCCCCCCCCCC)cc2)cc1.[Ti+2]. The summed E-state index contributed by atoms with van der Waals surface area (Å²) >= 11 is 0. The minimum atomic E-state index is -0.349. The molecule has 0 aliphatic rings. The van der Waals surface area contributed by atoms with Gasteiger partial charge in [0.15, 0.2) is 0 Å². The number of allylic oxidation sites excluding steroid dienone is 3. The van der Waals surface area contributed by atoms with Gasteiger partial charge in [-0.3, -0.25) is 0 Å². The molecule has 0 spiro atoms. The first-order chi connectivity index (χ1) is 20.7. The maximum absolute atomic E-state index is 3.46. The molecule has 0 heterocycles. The maximum Gasteiger partial charge on any atom is 2.00 e. The quantitative estimate of drug-likeness (QED) is 0.0578. The van der Waals surface area contributed by atoms with Crippen molar-refractivity contribution in [1.29, 1.82) is 0 Å². The van der Waals surface area contributed by atoms with Crippen LogP contribution in [0.1, 0.15) is 160 Å². The van der Waals surface area contributed by atoms with E-state index in [9.17, 15) is 0 Å². The fraction of sp³-hybridized carbons (Fsp3) is 0.610. The van der Waals surface area contributed by atoms with Gasteiger partial charge in [-0.25, -0.2) is 0 Å². The molecule has 2 aromatic carbocycles. The van der Waals surface area contributed by atoms with E-state index in [1.54, 1.807) is 16.4 Å². The van der Waals surface area contributed by atoms with Gasteiger partial charge >= 0.3 is 21.7 Å². The summed E-state index contributed by atoms with van der Waals surface area (Å²) in [5, 5.41) is 3.16. The summed E-state index contributed by atoms with van der Waals surface area (Å²) in [6.45, 7) is 10.0. The number of benzene rings is 2. The molecule has 0 N–H and O–H groups in total. The van der Waals surface area contributed by atoms with Crippen molar-refractivity contribution < 1.29 is 21.7 Å². The Labute approximate surface area is 286 Å². The van der Waals surface area contributed by atoms with Crippen molar-refractivity contribution in [2.75, 3.05) is 0 Å². The maximum atomic E-state index is 3.46. The zero-order chi connectivity index (χ0) is 30.4. The third-order valence-electron chi connectivity index (χ3n) is 8.42. The Bertz CT molecular complexity index is 802. The fourth-order valence-electron chi connectivity index (χ4n) is 5.65. The number of unbranched alkanes of at least 4 members (excludes halogenated alkanes) is 18. The van der Waals surface area contributed by atoms with E-state index in [1.807, 2.05) is 19.1 Å². The van der Waals surface area contributed by atoms with Crippen molar-refractivity contribution in [1.82, 2.24) is 0 Å². The predicted octanol–water partition coefficient (Wildman–Crippen LogP) is 11.5. The van der Waals surface area contributed by atoms with Gasteiger partial charge < -0.3 is 0 Å². The molecular formula is C41H68SiTi+2. The van der Waals surface area contributed by atoms with Crippen LogP contribution in [0.2, 0.25) is 0 Å². The van der Waals surface area contributed by atoms with Crippen LogP contribution in [0.15, 0.2) is 73.3 Å². The molecule has 0 saturated carbocycles. The second kappa shape index (κ2) is 32.3. The van der Waals surface area contributed by atoms with Crippen LogP contribution in [0.5, 0.6) is 0 Å². The molecule has 2 rings (SSSR count). The van der Waals surface area contributed by atoms with E-state index in [1.165, 1.54) is 152 Å². The van der Waals surface area contributed by atoms with Gasteiger partial charge in [-0.05, 0) is 43.7 Å². The van der Waals surface area contributed by atoms with E-state index in [0.717, 1.165) is 0 Å². The average molecular weight is 637 g/mol. The Kier molecular flexibility index (Phi) is 31.4. The van der Waals surface area contributed by atoms with Gasteiger partial charge in [0.05, 0.1) is 9.52 Å². The largest absolute Gasteiger partial charge is 2.00 e. The van der Waals surface area contributed by atoms with Crippen LogP contribution in [0.3, 0.4) is 0 Å². The number of aryl methyl sites for hydroxylation is 2. The molecule has 0 atom stereocenters. The molecule has 0 bridgehead atoms. The molecule has 0 saturated heterocycles. The van der Waals surface area contributed by atoms with Crippen molar-refractivity contribution in [3.63, 3.8) is 0 Å². The molecule has 0 aliphatic heterocycles. The smallest absolute Gasteiger partial charge is 0.0991 e. The van der Waals surface area contributed by atoms with Crippen molar-refractivity contribution in [2.24, 2.45) is 0 Å². The van der Waals surface area contributed by atoms with Gasteiger partial charge in [-0.15, -0.1) is 0 Å². The third kappa shape index (κ3) is 25.8.